The summed E-state index contributed by atoms with van der Waals surface area (Å²) in [4.78, 5) is 8.54. The van der Waals surface area contributed by atoms with Gasteiger partial charge in [0.15, 0.2) is 0 Å². The van der Waals surface area contributed by atoms with Crippen LogP contribution in [0.15, 0.2) is 27.1 Å². The van der Waals surface area contributed by atoms with Gasteiger partial charge in [-0.25, -0.2) is 4.98 Å². The molecule has 0 atom stereocenters. The average molecular weight is 304 g/mol. The van der Waals surface area contributed by atoms with E-state index in [2.05, 4.69) is 25.3 Å². The minimum atomic E-state index is -0.165. The summed E-state index contributed by atoms with van der Waals surface area (Å²) in [6.45, 7) is 8.15. The lowest BCUT2D eigenvalue weighted by Gasteiger charge is -2.10. The van der Waals surface area contributed by atoms with Crippen molar-refractivity contribution in [1.29, 1.82) is 0 Å². The van der Waals surface area contributed by atoms with Crippen molar-refractivity contribution in [2.45, 2.75) is 49.8 Å². The van der Waals surface area contributed by atoms with Gasteiger partial charge in [0.2, 0.25) is 5.89 Å². The van der Waals surface area contributed by atoms with E-state index < -0.39 is 0 Å². The van der Waals surface area contributed by atoms with Gasteiger partial charge >= 0.3 is 0 Å². The van der Waals surface area contributed by atoms with E-state index in [9.17, 15) is 0 Å². The minimum absolute atomic E-state index is 0.165. The van der Waals surface area contributed by atoms with Gasteiger partial charge in [-0.3, -0.25) is 0 Å². The molecule has 3 aromatic rings. The quantitative estimate of drug-likeness (QED) is 0.687. The summed E-state index contributed by atoms with van der Waals surface area (Å²) in [5, 5.41) is 13.7. The third kappa shape index (κ3) is 2.76. The van der Waals surface area contributed by atoms with Crippen LogP contribution < -0.4 is 0 Å². The molecule has 0 aliphatic heterocycles. The summed E-state index contributed by atoms with van der Waals surface area (Å²) in [5.41, 5.74) is 0.787. The lowest BCUT2D eigenvalue weighted by atomic mass is 9.97. The van der Waals surface area contributed by atoms with Gasteiger partial charge in [0.1, 0.15) is 11.4 Å². The van der Waals surface area contributed by atoms with Crippen LogP contribution in [0.3, 0.4) is 0 Å². The first-order valence-corrected chi connectivity index (χ1v) is 7.50. The molecule has 7 nitrogen and oxygen atoms in total. The van der Waals surface area contributed by atoms with E-state index in [0.29, 0.717) is 16.9 Å². The number of rotatable bonds is 3. The van der Waals surface area contributed by atoms with Gasteiger partial charge in [-0.1, -0.05) is 27.7 Å². The lowest BCUT2D eigenvalue weighted by molar-refractivity contribution is 0.347. The Morgan fingerprint density at radius 2 is 2.10 bits per heavy atom. The largest absolute Gasteiger partial charge is 0.415 e. The number of aryl methyl sites for hydroxylation is 1. The van der Waals surface area contributed by atoms with Crippen molar-refractivity contribution < 1.29 is 4.42 Å². The molecule has 0 N–H and O–H groups in total. The van der Waals surface area contributed by atoms with Gasteiger partial charge in [-0.15, -0.1) is 10.2 Å². The highest BCUT2D eigenvalue weighted by Gasteiger charge is 2.22. The summed E-state index contributed by atoms with van der Waals surface area (Å²) in [7, 11) is 0. The van der Waals surface area contributed by atoms with E-state index in [1.807, 2.05) is 33.8 Å². The summed E-state index contributed by atoms with van der Waals surface area (Å²) < 4.78 is 7.38. The predicted octanol–water partition coefficient (Wildman–Crippen LogP) is 2.52. The Morgan fingerprint density at radius 1 is 1.29 bits per heavy atom. The zero-order valence-corrected chi connectivity index (χ0v) is 13.2. The normalized spacial score (nSPS) is 12.2. The van der Waals surface area contributed by atoms with Crippen LogP contribution >= 0.6 is 11.8 Å². The molecular formula is C13H16N6OS. The molecule has 3 heterocycles. The highest BCUT2D eigenvalue weighted by molar-refractivity contribution is 7.99. The van der Waals surface area contributed by atoms with Crippen LogP contribution in [-0.4, -0.2) is 29.8 Å². The molecule has 0 bridgehead atoms. The highest BCUT2D eigenvalue weighted by Crippen LogP contribution is 2.29. The Bertz CT molecular complexity index is 772. The van der Waals surface area contributed by atoms with Crippen LogP contribution in [0.25, 0.3) is 5.78 Å². The first kappa shape index (κ1) is 14.0. The molecular weight excluding hydrogens is 288 g/mol. The molecule has 3 aromatic heterocycles. The van der Waals surface area contributed by atoms with E-state index >= 15 is 0 Å². The SMILES string of the molecule is CCc1cc(Sc2nnc(C(C)(C)C)o2)n2ncnc2n1. The molecule has 0 spiro atoms. The van der Waals surface area contributed by atoms with E-state index in [0.717, 1.165) is 17.1 Å². The Morgan fingerprint density at radius 3 is 2.76 bits per heavy atom. The third-order valence-corrected chi connectivity index (χ3v) is 3.71. The Labute approximate surface area is 126 Å². The molecule has 3 rings (SSSR count). The van der Waals surface area contributed by atoms with Crippen LogP contribution in [-0.2, 0) is 11.8 Å². The maximum absolute atomic E-state index is 5.71. The van der Waals surface area contributed by atoms with Crippen molar-refractivity contribution >= 4 is 17.5 Å². The molecule has 8 heteroatoms. The molecule has 0 saturated carbocycles. The van der Waals surface area contributed by atoms with Crippen LogP contribution in [0.1, 0.15) is 39.3 Å². The molecule has 0 aliphatic carbocycles. The van der Waals surface area contributed by atoms with Crippen LogP contribution in [0.5, 0.6) is 0 Å². The average Bonchev–Trinajstić information content (AvgIpc) is 3.06. The van der Waals surface area contributed by atoms with Gasteiger partial charge in [-0.2, -0.15) is 14.6 Å². The Kier molecular flexibility index (Phi) is 3.40. The van der Waals surface area contributed by atoms with Gasteiger partial charge < -0.3 is 4.42 Å². The van der Waals surface area contributed by atoms with Crippen molar-refractivity contribution in [2.24, 2.45) is 0 Å². The second-order valence-electron chi connectivity index (χ2n) is 5.64. The molecule has 0 aliphatic rings. The molecule has 0 saturated heterocycles. The summed E-state index contributed by atoms with van der Waals surface area (Å²) in [6.07, 6.45) is 2.31. The predicted molar refractivity (Wildman–Crippen MR) is 77.3 cm³/mol. The van der Waals surface area contributed by atoms with E-state index in [-0.39, 0.29) is 5.41 Å². The Hall–Kier alpha value is -1.96. The maximum atomic E-state index is 5.71. The Balaban J connectivity index is 1.97. The molecule has 21 heavy (non-hydrogen) atoms. The summed E-state index contributed by atoms with van der Waals surface area (Å²) in [5.74, 6) is 1.19. The van der Waals surface area contributed by atoms with Gasteiger partial charge in [0.25, 0.3) is 11.0 Å². The monoisotopic (exact) mass is 304 g/mol. The fourth-order valence-electron chi connectivity index (χ4n) is 1.73. The van der Waals surface area contributed by atoms with Crippen LogP contribution in [0, 0.1) is 0 Å². The van der Waals surface area contributed by atoms with Gasteiger partial charge in [0, 0.05) is 11.1 Å². The topological polar surface area (TPSA) is 82.0 Å². The van der Waals surface area contributed by atoms with Crippen molar-refractivity contribution in [2.75, 3.05) is 0 Å². The van der Waals surface area contributed by atoms with Gasteiger partial charge in [-0.05, 0) is 24.2 Å². The third-order valence-electron chi connectivity index (χ3n) is 2.87. The highest BCUT2D eigenvalue weighted by atomic mass is 32.2. The second-order valence-corrected chi connectivity index (χ2v) is 6.61. The van der Waals surface area contributed by atoms with Crippen LogP contribution in [0.2, 0.25) is 0 Å². The number of hydrogen-bond acceptors (Lipinski definition) is 7. The fourth-order valence-corrected chi connectivity index (χ4v) is 2.52. The smallest absolute Gasteiger partial charge is 0.282 e. The van der Waals surface area contributed by atoms with Gasteiger partial charge in [0.05, 0.1) is 0 Å². The van der Waals surface area contributed by atoms with Crippen molar-refractivity contribution in [3.05, 3.63) is 24.0 Å². The number of fused-ring (bicyclic) bond motifs is 1. The molecule has 110 valence electrons. The standard InChI is InChI=1S/C13H16N6OS/c1-5-8-6-9(19-11(16-8)14-7-15-19)21-12-18-17-10(20-12)13(2,3)4/h6-7H,5H2,1-4H3. The molecule has 0 amide bonds. The number of nitrogens with zero attached hydrogens (tertiary/aromatic N) is 6. The van der Waals surface area contributed by atoms with E-state index in [4.69, 9.17) is 4.42 Å². The van der Waals surface area contributed by atoms with E-state index in [1.165, 1.54) is 18.1 Å². The first-order chi connectivity index (χ1) is 9.97. The second kappa shape index (κ2) is 5.10. The maximum Gasteiger partial charge on any atom is 0.282 e. The minimum Gasteiger partial charge on any atom is -0.415 e. The first-order valence-electron chi connectivity index (χ1n) is 6.69. The zero-order valence-electron chi connectivity index (χ0n) is 12.4. The van der Waals surface area contributed by atoms with Crippen molar-refractivity contribution in [3.63, 3.8) is 0 Å². The molecule has 0 radical (unpaired) electrons. The molecule has 0 unspecified atom stereocenters. The summed E-state index contributed by atoms with van der Waals surface area (Å²) >= 11 is 1.37. The van der Waals surface area contributed by atoms with E-state index in [1.54, 1.807) is 4.52 Å². The number of hydrogen-bond donors (Lipinski definition) is 0. The number of aromatic nitrogens is 6. The summed E-state index contributed by atoms with van der Waals surface area (Å²) in [6, 6.07) is 1.97. The molecule has 0 aromatic carbocycles. The molecule has 0 fully saturated rings. The van der Waals surface area contributed by atoms with Crippen molar-refractivity contribution in [1.82, 2.24) is 29.8 Å². The van der Waals surface area contributed by atoms with Crippen LogP contribution in [0.4, 0.5) is 0 Å². The lowest BCUT2D eigenvalue weighted by Crippen LogP contribution is -2.11. The zero-order chi connectivity index (χ0) is 15.0. The van der Waals surface area contributed by atoms with Crippen molar-refractivity contribution in [3.8, 4) is 0 Å². The fraction of sp³-hybridized carbons (Fsp3) is 0.462.